The Morgan fingerprint density at radius 2 is 1.72 bits per heavy atom. The van der Waals surface area contributed by atoms with E-state index in [4.69, 9.17) is 43.4 Å². The fraction of sp³-hybridized carbons (Fsp3) is 0.206. The summed E-state index contributed by atoms with van der Waals surface area (Å²) < 4.78 is 12.4. The van der Waals surface area contributed by atoms with Gasteiger partial charge >= 0.3 is 6.09 Å². The van der Waals surface area contributed by atoms with Gasteiger partial charge < -0.3 is 25.6 Å². The molecule has 2 unspecified atom stereocenters. The molecule has 47 heavy (non-hydrogen) atoms. The van der Waals surface area contributed by atoms with Gasteiger partial charge in [-0.25, -0.2) is 14.8 Å². The number of carbonyl (C=O) groups excluding carboxylic acids is 2. The maximum absolute atomic E-state index is 12.4. The van der Waals surface area contributed by atoms with Crippen molar-refractivity contribution < 1.29 is 24.2 Å². The third kappa shape index (κ3) is 6.50. The number of aliphatic hydroxyl groups excluding tert-OH is 1. The minimum Gasteiger partial charge on any atom is -0.481 e. The van der Waals surface area contributed by atoms with Crippen LogP contribution < -0.4 is 21.3 Å². The van der Waals surface area contributed by atoms with Crippen LogP contribution in [0.3, 0.4) is 0 Å². The normalized spacial score (nSPS) is 15.0. The molecule has 1 saturated heterocycles. The number of nitrogens with two attached hydrogens (primary N) is 1. The molecule has 3 aromatic heterocycles. The van der Waals surface area contributed by atoms with Gasteiger partial charge in [0.15, 0.2) is 0 Å². The number of methoxy groups -OCH3 is 1. The van der Waals surface area contributed by atoms with Crippen molar-refractivity contribution in [1.82, 2.24) is 19.7 Å². The number of hydrogen-bond donors (Lipinski definition) is 3. The van der Waals surface area contributed by atoms with Crippen LogP contribution >= 0.6 is 23.2 Å². The second-order valence-electron chi connectivity index (χ2n) is 11.0. The third-order valence-electron chi connectivity index (χ3n) is 8.06. The molecule has 1 aliphatic heterocycles. The van der Waals surface area contributed by atoms with Gasteiger partial charge in [0.25, 0.3) is 5.56 Å². The Bertz CT molecular complexity index is 2090. The van der Waals surface area contributed by atoms with E-state index in [0.717, 1.165) is 5.56 Å². The van der Waals surface area contributed by atoms with Crippen molar-refractivity contribution in [1.29, 1.82) is 0 Å². The van der Waals surface area contributed by atoms with Gasteiger partial charge in [-0.3, -0.25) is 14.0 Å². The molecule has 0 spiro atoms. The summed E-state index contributed by atoms with van der Waals surface area (Å²) in [5.74, 6) is 0.191. The number of aromatic nitrogens is 3. The van der Waals surface area contributed by atoms with E-state index in [1.807, 2.05) is 42.5 Å². The van der Waals surface area contributed by atoms with Crippen LogP contribution in [0.5, 0.6) is 5.88 Å². The first kappa shape index (κ1) is 32.0. The van der Waals surface area contributed by atoms with Gasteiger partial charge in [-0.05, 0) is 30.2 Å². The highest BCUT2D eigenvalue weighted by Crippen LogP contribution is 2.42. The second-order valence-corrected chi connectivity index (χ2v) is 11.7. The molecule has 1 fully saturated rings. The Kier molecular flexibility index (Phi) is 9.12. The van der Waals surface area contributed by atoms with E-state index in [9.17, 15) is 19.5 Å². The number of carbonyl (C=O) groups is 2. The molecule has 4 N–H and O–H groups in total. The highest BCUT2D eigenvalue weighted by Gasteiger charge is 2.32. The maximum atomic E-state index is 12.4. The summed E-state index contributed by atoms with van der Waals surface area (Å²) in [5.41, 5.74) is 10.3. The van der Waals surface area contributed by atoms with Crippen molar-refractivity contribution in [2.75, 3.05) is 7.11 Å². The lowest BCUT2D eigenvalue weighted by molar-refractivity contribution is -0.119. The van der Waals surface area contributed by atoms with Crippen molar-refractivity contribution >= 4 is 40.8 Å². The van der Waals surface area contributed by atoms with Crippen LogP contribution in [-0.4, -0.2) is 50.7 Å². The lowest BCUT2D eigenvalue weighted by Crippen LogP contribution is -2.42. The molecular weight excluding hydrogens is 645 g/mol. The first-order chi connectivity index (χ1) is 22.7. The molecule has 11 nitrogen and oxygen atoms in total. The van der Waals surface area contributed by atoms with Crippen LogP contribution in [0.4, 0.5) is 4.79 Å². The number of aliphatic hydroxyl groups is 1. The molecule has 0 bridgehead atoms. The minimum atomic E-state index is -0.936. The zero-order valence-corrected chi connectivity index (χ0v) is 26.6. The number of fused-ring (bicyclic) bond motifs is 1. The predicted molar refractivity (Wildman–Crippen MR) is 177 cm³/mol. The summed E-state index contributed by atoms with van der Waals surface area (Å²) in [6.45, 7) is -0.352. The van der Waals surface area contributed by atoms with Crippen molar-refractivity contribution in [3.05, 3.63) is 105 Å². The molecule has 5 aromatic rings. The Hall–Kier alpha value is -4.97. The van der Waals surface area contributed by atoms with Crippen molar-refractivity contribution in [3.63, 3.8) is 0 Å². The molecule has 2 atom stereocenters. The molecule has 13 heteroatoms. The highest BCUT2D eigenvalue weighted by molar-refractivity contribution is 6.39. The number of rotatable bonds is 9. The van der Waals surface area contributed by atoms with Gasteiger partial charge in [0.1, 0.15) is 11.8 Å². The van der Waals surface area contributed by atoms with Crippen LogP contribution in [0.1, 0.15) is 24.1 Å². The van der Waals surface area contributed by atoms with E-state index in [-0.39, 0.29) is 36.2 Å². The van der Waals surface area contributed by atoms with Crippen molar-refractivity contribution in [3.8, 4) is 39.4 Å². The van der Waals surface area contributed by atoms with Crippen LogP contribution in [0.2, 0.25) is 10.0 Å². The van der Waals surface area contributed by atoms with Gasteiger partial charge in [-0.1, -0.05) is 65.7 Å². The topological polar surface area (TPSA) is 158 Å². The first-order valence-electron chi connectivity index (χ1n) is 14.7. The van der Waals surface area contributed by atoms with Crippen molar-refractivity contribution in [2.24, 2.45) is 5.73 Å². The van der Waals surface area contributed by atoms with Gasteiger partial charge in [0, 0.05) is 52.9 Å². The van der Waals surface area contributed by atoms with Crippen LogP contribution in [0, 0.1) is 0 Å². The van der Waals surface area contributed by atoms with Gasteiger partial charge in [-0.2, -0.15) is 0 Å². The maximum Gasteiger partial charge on any atom is 0.404 e. The van der Waals surface area contributed by atoms with Gasteiger partial charge in [0.05, 0.1) is 41.2 Å². The van der Waals surface area contributed by atoms with Gasteiger partial charge in [-0.15, -0.1) is 0 Å². The average molecular weight is 675 g/mol. The van der Waals surface area contributed by atoms with Gasteiger partial charge in [0.2, 0.25) is 11.8 Å². The molecular formula is C34H29Cl2N5O6. The summed E-state index contributed by atoms with van der Waals surface area (Å²) in [6.07, 6.45) is 1.06. The average Bonchev–Trinajstić information content (AvgIpc) is 3.50. The number of nitrogens with one attached hydrogen (secondary N) is 1. The van der Waals surface area contributed by atoms with E-state index < -0.39 is 12.2 Å². The molecule has 1 aliphatic rings. The minimum absolute atomic E-state index is 0.114. The Morgan fingerprint density at radius 1 is 1.02 bits per heavy atom. The third-order valence-corrected chi connectivity index (χ3v) is 8.87. The number of benzene rings is 2. The number of ether oxygens (including phenoxy) is 2. The number of pyridine rings is 2. The highest BCUT2D eigenvalue weighted by atomic mass is 35.5. The zero-order chi connectivity index (χ0) is 33.2. The molecule has 2 amide bonds. The fourth-order valence-corrected chi connectivity index (χ4v) is 6.46. The number of primary amides is 1. The molecule has 0 saturated carbocycles. The number of hydrogen-bond acceptors (Lipinski definition) is 8. The van der Waals surface area contributed by atoms with E-state index >= 15 is 0 Å². The molecule has 0 radical (unpaired) electrons. The molecule has 2 aromatic carbocycles. The fourth-order valence-electron chi connectivity index (χ4n) is 5.80. The zero-order valence-electron chi connectivity index (χ0n) is 25.1. The standard InChI is InChI=1S/C34H29Cl2N5O6/c1-46-33-19(14-27(47-34(37)45)26-10-11-29(43)39-26)8-9-25(40-33)24-7-3-6-23(32(24)36)22-5-2-4-21(31(22)35)18-12-13-41-28(15-18)38-20(17-42)16-30(41)44/h2-9,12-13,15-16,26-27,42H,10-11,14,17H2,1H3,(H2,37,45)(H,39,43). The Morgan fingerprint density at radius 3 is 2.38 bits per heavy atom. The summed E-state index contributed by atoms with van der Waals surface area (Å²) in [7, 11) is 1.49. The van der Waals surface area contributed by atoms with E-state index in [1.165, 1.54) is 17.6 Å². The number of halogens is 2. The quantitative estimate of drug-likeness (QED) is 0.193. The predicted octanol–water partition coefficient (Wildman–Crippen LogP) is 5.18. The van der Waals surface area contributed by atoms with Crippen LogP contribution in [0.15, 0.2) is 77.7 Å². The SMILES string of the molecule is COc1nc(-c2cccc(-c3cccc(-c4ccn5c(=O)cc(CO)nc5c4)c3Cl)c2Cl)ccc1CC(OC(N)=O)C1CCC(=O)N1. The van der Waals surface area contributed by atoms with E-state index in [2.05, 4.69) is 10.3 Å². The lowest BCUT2D eigenvalue weighted by atomic mass is 9.96. The van der Waals surface area contributed by atoms with Crippen molar-refractivity contribution in [2.45, 2.75) is 38.0 Å². The van der Waals surface area contributed by atoms with Crippen LogP contribution in [-0.2, 0) is 22.6 Å². The summed E-state index contributed by atoms with van der Waals surface area (Å²) >= 11 is 14.0. The molecule has 0 aliphatic carbocycles. The van der Waals surface area contributed by atoms with Crippen LogP contribution in [0.25, 0.3) is 39.2 Å². The summed E-state index contributed by atoms with van der Waals surface area (Å²) in [6, 6.07) is 19.2. The number of nitrogens with zero attached hydrogens (tertiary/aromatic N) is 3. The van der Waals surface area contributed by atoms with E-state index in [0.29, 0.717) is 67.9 Å². The largest absolute Gasteiger partial charge is 0.481 e. The first-order valence-corrected chi connectivity index (χ1v) is 15.4. The lowest BCUT2D eigenvalue weighted by Gasteiger charge is -2.23. The van der Waals surface area contributed by atoms with E-state index in [1.54, 1.807) is 24.4 Å². The Balaban J connectivity index is 1.34. The number of amides is 2. The second kappa shape index (κ2) is 13.4. The smallest absolute Gasteiger partial charge is 0.404 e. The Labute approximate surface area is 278 Å². The molecule has 6 rings (SSSR count). The molecule has 240 valence electrons. The monoisotopic (exact) mass is 673 g/mol. The molecule has 4 heterocycles. The summed E-state index contributed by atoms with van der Waals surface area (Å²) in [4.78, 5) is 45.0. The summed E-state index contributed by atoms with van der Waals surface area (Å²) in [5, 5.41) is 13.2.